The largest absolute Gasteiger partial charge is 0.508 e. The van der Waals surface area contributed by atoms with E-state index < -0.39 is 0 Å². The minimum Gasteiger partial charge on any atom is -0.508 e. The van der Waals surface area contributed by atoms with Crippen LogP contribution in [-0.2, 0) is 6.54 Å². The van der Waals surface area contributed by atoms with Crippen LogP contribution in [0.2, 0.25) is 0 Å². The van der Waals surface area contributed by atoms with Gasteiger partial charge in [0.2, 0.25) is 0 Å². The van der Waals surface area contributed by atoms with Gasteiger partial charge in [0.05, 0.1) is 0 Å². The van der Waals surface area contributed by atoms with E-state index in [2.05, 4.69) is 5.32 Å². The Balaban J connectivity index is 2.02. The Morgan fingerprint density at radius 3 is 2.88 bits per heavy atom. The van der Waals surface area contributed by atoms with Crippen molar-refractivity contribution in [2.45, 2.75) is 13.5 Å². The summed E-state index contributed by atoms with van der Waals surface area (Å²) in [7, 11) is 0. The zero-order chi connectivity index (χ0) is 12.3. The average molecular weight is 247 g/mol. The summed E-state index contributed by atoms with van der Waals surface area (Å²) in [4.78, 5) is 11.8. The fourth-order valence-electron chi connectivity index (χ4n) is 1.47. The van der Waals surface area contributed by atoms with Gasteiger partial charge in [0.1, 0.15) is 5.75 Å². The molecular weight excluding hydrogens is 234 g/mol. The smallest absolute Gasteiger partial charge is 0.251 e. The Hall–Kier alpha value is -1.81. The summed E-state index contributed by atoms with van der Waals surface area (Å²) < 4.78 is 0. The van der Waals surface area contributed by atoms with Gasteiger partial charge >= 0.3 is 0 Å². The highest BCUT2D eigenvalue weighted by molar-refractivity contribution is 7.07. The van der Waals surface area contributed by atoms with E-state index in [0.717, 1.165) is 5.56 Å². The lowest BCUT2D eigenvalue weighted by Gasteiger charge is -2.05. The van der Waals surface area contributed by atoms with Gasteiger partial charge in [0.25, 0.3) is 5.91 Å². The third-order valence-electron chi connectivity index (χ3n) is 2.49. The molecule has 1 aromatic carbocycles. The van der Waals surface area contributed by atoms with Crippen molar-refractivity contribution < 1.29 is 9.90 Å². The van der Waals surface area contributed by atoms with Crippen molar-refractivity contribution in [2.75, 3.05) is 0 Å². The number of phenols is 1. The summed E-state index contributed by atoms with van der Waals surface area (Å²) in [6.45, 7) is 2.30. The summed E-state index contributed by atoms with van der Waals surface area (Å²) in [5.41, 5.74) is 2.36. The molecule has 1 aromatic heterocycles. The predicted molar refractivity (Wildman–Crippen MR) is 68.3 cm³/mol. The molecule has 2 rings (SSSR count). The second-order valence-corrected chi connectivity index (χ2v) is 4.60. The van der Waals surface area contributed by atoms with Crippen LogP contribution >= 0.6 is 11.3 Å². The number of hydrogen-bond donors (Lipinski definition) is 2. The van der Waals surface area contributed by atoms with E-state index in [-0.39, 0.29) is 11.7 Å². The number of phenolic OH excluding ortho intramolecular Hbond substituents is 1. The summed E-state index contributed by atoms with van der Waals surface area (Å²) in [5, 5.41) is 16.2. The van der Waals surface area contributed by atoms with Crippen LogP contribution in [-0.4, -0.2) is 11.0 Å². The van der Waals surface area contributed by atoms with Crippen LogP contribution < -0.4 is 5.32 Å². The van der Waals surface area contributed by atoms with Gasteiger partial charge in [-0.1, -0.05) is 0 Å². The van der Waals surface area contributed by atoms with Crippen LogP contribution in [0.1, 0.15) is 21.5 Å². The highest BCUT2D eigenvalue weighted by atomic mass is 32.1. The lowest BCUT2D eigenvalue weighted by atomic mass is 10.1. The molecule has 88 valence electrons. The highest BCUT2D eigenvalue weighted by Crippen LogP contribution is 2.17. The molecule has 3 nitrogen and oxygen atoms in total. The second-order valence-electron chi connectivity index (χ2n) is 3.82. The van der Waals surface area contributed by atoms with Gasteiger partial charge in [0, 0.05) is 12.1 Å². The molecule has 0 saturated heterocycles. The van der Waals surface area contributed by atoms with Gasteiger partial charge in [-0.3, -0.25) is 4.79 Å². The fourth-order valence-corrected chi connectivity index (χ4v) is 2.14. The van der Waals surface area contributed by atoms with Crippen LogP contribution in [0, 0.1) is 6.92 Å². The van der Waals surface area contributed by atoms with E-state index in [4.69, 9.17) is 0 Å². The number of hydrogen-bond acceptors (Lipinski definition) is 3. The number of amides is 1. The molecule has 0 aliphatic carbocycles. The Kier molecular flexibility index (Phi) is 3.44. The van der Waals surface area contributed by atoms with Crippen molar-refractivity contribution in [3.63, 3.8) is 0 Å². The van der Waals surface area contributed by atoms with Crippen molar-refractivity contribution in [3.05, 3.63) is 51.7 Å². The number of thiophene rings is 1. The number of carbonyl (C=O) groups is 1. The Labute approximate surface area is 104 Å². The summed E-state index contributed by atoms with van der Waals surface area (Å²) in [5.74, 6) is 0.0821. The van der Waals surface area contributed by atoms with Crippen molar-refractivity contribution >= 4 is 17.2 Å². The molecule has 0 spiro atoms. The predicted octanol–water partition coefficient (Wildman–Crippen LogP) is 2.69. The van der Waals surface area contributed by atoms with E-state index in [0.29, 0.717) is 17.7 Å². The maximum atomic E-state index is 11.8. The molecule has 2 aromatic rings. The summed E-state index contributed by atoms with van der Waals surface area (Å²) >= 11 is 1.61. The molecule has 0 aliphatic rings. The molecular formula is C13H13NO2S. The van der Waals surface area contributed by atoms with Crippen LogP contribution in [0.5, 0.6) is 5.75 Å². The molecule has 17 heavy (non-hydrogen) atoms. The first-order chi connectivity index (χ1) is 8.16. The fraction of sp³-hybridized carbons (Fsp3) is 0.154. The number of rotatable bonds is 3. The van der Waals surface area contributed by atoms with E-state index in [9.17, 15) is 9.90 Å². The quantitative estimate of drug-likeness (QED) is 0.876. The number of carbonyl (C=O) groups excluding carboxylic acids is 1. The third-order valence-corrected chi connectivity index (χ3v) is 3.22. The van der Waals surface area contributed by atoms with Crippen LogP contribution in [0.3, 0.4) is 0 Å². The van der Waals surface area contributed by atoms with Crippen molar-refractivity contribution in [1.82, 2.24) is 5.32 Å². The van der Waals surface area contributed by atoms with Gasteiger partial charge < -0.3 is 10.4 Å². The molecule has 0 fully saturated rings. The van der Waals surface area contributed by atoms with E-state index in [1.54, 1.807) is 30.4 Å². The number of benzene rings is 1. The standard InChI is InChI=1S/C13H13NO2S/c1-9-6-11(2-3-12(9)15)13(16)14-7-10-4-5-17-8-10/h2-6,8,15H,7H2,1H3,(H,14,16). The zero-order valence-corrected chi connectivity index (χ0v) is 10.3. The first-order valence-corrected chi connectivity index (χ1v) is 6.20. The Morgan fingerprint density at radius 1 is 1.41 bits per heavy atom. The van der Waals surface area contributed by atoms with Crippen LogP contribution in [0.4, 0.5) is 0 Å². The van der Waals surface area contributed by atoms with E-state index >= 15 is 0 Å². The normalized spacial score (nSPS) is 10.2. The van der Waals surface area contributed by atoms with Gasteiger partial charge in [0.15, 0.2) is 0 Å². The molecule has 1 heterocycles. The Morgan fingerprint density at radius 2 is 2.24 bits per heavy atom. The third kappa shape index (κ3) is 2.85. The second kappa shape index (κ2) is 5.01. The van der Waals surface area contributed by atoms with Crippen molar-refractivity contribution in [1.29, 1.82) is 0 Å². The van der Waals surface area contributed by atoms with Crippen LogP contribution in [0.25, 0.3) is 0 Å². The van der Waals surface area contributed by atoms with Crippen LogP contribution in [0.15, 0.2) is 35.0 Å². The molecule has 0 bridgehead atoms. The van der Waals surface area contributed by atoms with E-state index in [1.165, 1.54) is 6.07 Å². The molecule has 0 saturated carbocycles. The van der Waals surface area contributed by atoms with Crippen molar-refractivity contribution in [2.24, 2.45) is 0 Å². The lowest BCUT2D eigenvalue weighted by Crippen LogP contribution is -2.22. The molecule has 0 unspecified atom stereocenters. The molecule has 0 atom stereocenters. The van der Waals surface area contributed by atoms with E-state index in [1.807, 2.05) is 16.8 Å². The monoisotopic (exact) mass is 247 g/mol. The number of aryl methyl sites for hydroxylation is 1. The van der Waals surface area contributed by atoms with Crippen molar-refractivity contribution in [3.8, 4) is 5.75 Å². The minimum absolute atomic E-state index is 0.126. The molecule has 1 amide bonds. The number of aromatic hydroxyl groups is 1. The molecule has 0 aliphatic heterocycles. The highest BCUT2D eigenvalue weighted by Gasteiger charge is 2.07. The van der Waals surface area contributed by atoms with Gasteiger partial charge in [-0.05, 0) is 53.1 Å². The topological polar surface area (TPSA) is 49.3 Å². The first-order valence-electron chi connectivity index (χ1n) is 5.25. The molecule has 0 radical (unpaired) electrons. The first kappa shape index (κ1) is 11.7. The lowest BCUT2D eigenvalue weighted by molar-refractivity contribution is 0.0951. The van der Waals surface area contributed by atoms with Gasteiger partial charge in [-0.15, -0.1) is 0 Å². The molecule has 4 heteroatoms. The summed E-state index contributed by atoms with van der Waals surface area (Å²) in [6.07, 6.45) is 0. The maximum Gasteiger partial charge on any atom is 0.251 e. The SMILES string of the molecule is Cc1cc(C(=O)NCc2ccsc2)ccc1O. The Bertz CT molecular complexity index is 520. The zero-order valence-electron chi connectivity index (χ0n) is 9.43. The molecule has 2 N–H and O–H groups in total. The van der Waals surface area contributed by atoms with Gasteiger partial charge in [-0.2, -0.15) is 11.3 Å². The minimum atomic E-state index is -0.126. The summed E-state index contributed by atoms with van der Waals surface area (Å²) in [6, 6.07) is 6.81. The average Bonchev–Trinajstić information content (AvgIpc) is 2.82. The maximum absolute atomic E-state index is 11.8. The number of nitrogens with one attached hydrogen (secondary N) is 1. The van der Waals surface area contributed by atoms with Gasteiger partial charge in [-0.25, -0.2) is 0 Å².